The molecular weight excluding hydrogens is 111 g/mol. The van der Waals surface area contributed by atoms with Gasteiger partial charge >= 0.3 is 0 Å². The smallest absolute Gasteiger partial charge is 0.108 e. The van der Waals surface area contributed by atoms with Gasteiger partial charge in [0.25, 0.3) is 0 Å². The van der Waals surface area contributed by atoms with Crippen molar-refractivity contribution in [2.45, 2.75) is 12.8 Å². The van der Waals surface area contributed by atoms with Gasteiger partial charge in [0, 0.05) is 0 Å². The van der Waals surface area contributed by atoms with Crippen molar-refractivity contribution in [2.75, 3.05) is 17.8 Å². The molecule has 0 nitrogen and oxygen atoms in total. The van der Waals surface area contributed by atoms with E-state index in [0.717, 1.165) is 10.9 Å². The molecule has 0 atom stereocenters. The molecule has 0 aromatic rings. The Morgan fingerprint density at radius 2 is 1.57 bits per heavy atom. The third-order valence-electron chi connectivity index (χ3n) is 1.24. The Balaban J connectivity index is 0.000000360. The van der Waals surface area contributed by atoms with E-state index >= 15 is 0 Å². The van der Waals surface area contributed by atoms with Gasteiger partial charge in [0.1, 0.15) is 11.5 Å². The molecule has 1 rings (SSSR count). The van der Waals surface area contributed by atoms with Crippen molar-refractivity contribution < 1.29 is 4.70 Å². The lowest BCUT2D eigenvalue weighted by Gasteiger charge is -1.81. The van der Waals surface area contributed by atoms with E-state index in [2.05, 4.69) is 6.26 Å². The van der Waals surface area contributed by atoms with Crippen LogP contribution in [0, 0.1) is 0 Å². The van der Waals surface area contributed by atoms with Crippen LogP contribution >= 0.6 is 0 Å². The summed E-state index contributed by atoms with van der Waals surface area (Å²) >= 11 is 0. The lowest BCUT2D eigenvalue weighted by molar-refractivity contribution is -0.00000135. The number of hydrogen-bond donors (Lipinski definition) is 0. The molecule has 1 saturated heterocycles. The van der Waals surface area contributed by atoms with Crippen molar-refractivity contribution in [1.82, 2.24) is 0 Å². The lowest BCUT2D eigenvalue weighted by Crippen LogP contribution is -3.00. The zero-order chi connectivity index (χ0) is 4.41. The second kappa shape index (κ2) is 3.30. The fourth-order valence-corrected chi connectivity index (χ4v) is 2.40. The first-order valence-corrected chi connectivity index (χ1v) is 4.46. The molecule has 0 spiro atoms. The molecule has 44 valence electrons. The van der Waals surface area contributed by atoms with E-state index < -0.39 is 0 Å². The molecule has 0 saturated carbocycles. The SMILES string of the molecule is C[S+]1CCCC1.[F-]. The van der Waals surface area contributed by atoms with E-state index in [-0.39, 0.29) is 4.70 Å². The maximum atomic E-state index is 2.37. The number of hydrogen-bond acceptors (Lipinski definition) is 0. The van der Waals surface area contributed by atoms with Crippen LogP contribution in [0.3, 0.4) is 0 Å². The van der Waals surface area contributed by atoms with E-state index in [9.17, 15) is 0 Å². The zero-order valence-electron chi connectivity index (χ0n) is 4.61. The van der Waals surface area contributed by atoms with Crippen LogP contribution < -0.4 is 4.70 Å². The summed E-state index contributed by atoms with van der Waals surface area (Å²) in [5.74, 6) is 3.03. The van der Waals surface area contributed by atoms with E-state index in [0.29, 0.717) is 0 Å². The summed E-state index contributed by atoms with van der Waals surface area (Å²) in [6.45, 7) is 0. The summed E-state index contributed by atoms with van der Waals surface area (Å²) in [4.78, 5) is 0. The molecule has 1 aliphatic rings. The number of halogens is 1. The highest BCUT2D eigenvalue weighted by molar-refractivity contribution is 7.96. The predicted molar refractivity (Wildman–Crippen MR) is 32.3 cm³/mol. The van der Waals surface area contributed by atoms with Crippen molar-refractivity contribution >= 4 is 10.9 Å². The summed E-state index contributed by atoms with van der Waals surface area (Å²) in [5.41, 5.74) is 0. The minimum atomic E-state index is 0. The van der Waals surface area contributed by atoms with Gasteiger partial charge in [0.2, 0.25) is 0 Å². The van der Waals surface area contributed by atoms with Crippen molar-refractivity contribution in [3.63, 3.8) is 0 Å². The highest BCUT2D eigenvalue weighted by atomic mass is 32.2. The minimum absolute atomic E-state index is 0. The maximum absolute atomic E-state index is 2.37. The summed E-state index contributed by atoms with van der Waals surface area (Å²) < 4.78 is 0. The minimum Gasteiger partial charge on any atom is -1.00 e. The van der Waals surface area contributed by atoms with Gasteiger partial charge in [-0.2, -0.15) is 0 Å². The third-order valence-corrected chi connectivity index (χ3v) is 3.21. The van der Waals surface area contributed by atoms with Crippen LogP contribution in [0.2, 0.25) is 0 Å². The van der Waals surface area contributed by atoms with E-state index in [1.54, 1.807) is 0 Å². The van der Waals surface area contributed by atoms with Crippen LogP contribution in [-0.2, 0) is 10.9 Å². The first-order chi connectivity index (χ1) is 2.89. The summed E-state index contributed by atoms with van der Waals surface area (Å²) in [5, 5.41) is 0. The highest BCUT2D eigenvalue weighted by Crippen LogP contribution is 2.08. The van der Waals surface area contributed by atoms with Gasteiger partial charge in [0.05, 0.1) is 6.26 Å². The van der Waals surface area contributed by atoms with Crippen molar-refractivity contribution in [3.05, 3.63) is 0 Å². The van der Waals surface area contributed by atoms with Gasteiger partial charge in [-0.15, -0.1) is 0 Å². The molecular formula is C5H11FS. The molecule has 1 fully saturated rings. The van der Waals surface area contributed by atoms with Crippen LogP contribution in [0.5, 0.6) is 0 Å². The molecule has 7 heavy (non-hydrogen) atoms. The maximum Gasteiger partial charge on any atom is 0.108 e. The van der Waals surface area contributed by atoms with Gasteiger partial charge in [-0.1, -0.05) is 0 Å². The molecule has 0 unspecified atom stereocenters. The average molecular weight is 122 g/mol. The van der Waals surface area contributed by atoms with Crippen molar-refractivity contribution in [3.8, 4) is 0 Å². The summed E-state index contributed by atoms with van der Waals surface area (Å²) in [7, 11) is 0.827. The second-order valence-corrected chi connectivity index (χ2v) is 4.28. The first kappa shape index (κ1) is 7.28. The molecule has 1 heterocycles. The quantitative estimate of drug-likeness (QED) is 0.327. The first-order valence-electron chi connectivity index (χ1n) is 2.49. The van der Waals surface area contributed by atoms with Gasteiger partial charge in [-0.25, -0.2) is 0 Å². The largest absolute Gasteiger partial charge is 1.00 e. The Bertz CT molecular complexity index is 41.3. The fourth-order valence-electron chi connectivity index (χ4n) is 0.799. The molecule has 0 radical (unpaired) electrons. The molecule has 0 aromatic carbocycles. The third kappa shape index (κ3) is 2.17. The van der Waals surface area contributed by atoms with E-state index in [1.807, 2.05) is 0 Å². The average Bonchev–Trinajstić information content (AvgIpc) is 1.86. The van der Waals surface area contributed by atoms with Crippen molar-refractivity contribution in [2.24, 2.45) is 0 Å². The topological polar surface area (TPSA) is 0 Å². The zero-order valence-corrected chi connectivity index (χ0v) is 5.43. The van der Waals surface area contributed by atoms with Crippen LogP contribution in [-0.4, -0.2) is 17.8 Å². The van der Waals surface area contributed by atoms with Gasteiger partial charge in [0.15, 0.2) is 0 Å². The molecule has 2 heteroatoms. The normalized spacial score (nSPS) is 21.9. The molecule has 1 aliphatic heterocycles. The Morgan fingerprint density at radius 3 is 1.71 bits per heavy atom. The highest BCUT2D eigenvalue weighted by Gasteiger charge is 2.16. The van der Waals surface area contributed by atoms with E-state index in [4.69, 9.17) is 0 Å². The van der Waals surface area contributed by atoms with Crippen LogP contribution in [0.15, 0.2) is 0 Å². The lowest BCUT2D eigenvalue weighted by atomic mass is 10.4. The van der Waals surface area contributed by atoms with Gasteiger partial charge in [-0.3, -0.25) is 0 Å². The molecule has 0 amide bonds. The summed E-state index contributed by atoms with van der Waals surface area (Å²) in [6.07, 6.45) is 5.37. The fraction of sp³-hybridized carbons (Fsp3) is 1.00. The monoisotopic (exact) mass is 122 g/mol. The van der Waals surface area contributed by atoms with Gasteiger partial charge < -0.3 is 4.70 Å². The second-order valence-electron chi connectivity index (χ2n) is 1.90. The standard InChI is InChI=1S/C5H11S.FH/c1-6-4-2-3-5-6;/h2-5H2,1H3;1H/q+1;/p-1. The number of rotatable bonds is 0. The van der Waals surface area contributed by atoms with Crippen LogP contribution in [0.1, 0.15) is 12.8 Å². The van der Waals surface area contributed by atoms with Crippen LogP contribution in [0.25, 0.3) is 0 Å². The Kier molecular flexibility index (Phi) is 3.44. The molecule has 0 bridgehead atoms. The van der Waals surface area contributed by atoms with Crippen molar-refractivity contribution in [1.29, 1.82) is 0 Å². The molecule has 0 N–H and O–H groups in total. The van der Waals surface area contributed by atoms with E-state index in [1.165, 1.54) is 24.3 Å². The van der Waals surface area contributed by atoms with Crippen LogP contribution in [0.4, 0.5) is 0 Å². The summed E-state index contributed by atoms with van der Waals surface area (Å²) in [6, 6.07) is 0. The molecule has 0 aromatic heterocycles. The Labute approximate surface area is 47.0 Å². The van der Waals surface area contributed by atoms with Gasteiger partial charge in [-0.05, 0) is 23.7 Å². The Hall–Kier alpha value is 0.280. The predicted octanol–water partition coefficient (Wildman–Crippen LogP) is -1.97. The molecule has 0 aliphatic carbocycles. The Morgan fingerprint density at radius 1 is 1.14 bits per heavy atom.